The Morgan fingerprint density at radius 1 is 1.15 bits per heavy atom. The summed E-state index contributed by atoms with van der Waals surface area (Å²) in [5, 5.41) is 0. The minimum atomic E-state index is 0. The van der Waals surface area contributed by atoms with E-state index in [1.165, 1.54) is 11.1 Å². The van der Waals surface area contributed by atoms with Crippen molar-refractivity contribution in [3.63, 3.8) is 0 Å². The zero-order valence-corrected chi connectivity index (χ0v) is 15.6. The molecule has 0 saturated carbocycles. The monoisotopic (exact) mass is 391 g/mol. The molecule has 0 N–H and O–H groups in total. The number of aliphatic imine (C=N–C) groups is 1. The molecule has 0 fully saturated rings. The van der Waals surface area contributed by atoms with Gasteiger partial charge in [0.25, 0.3) is 0 Å². The van der Waals surface area contributed by atoms with Crippen molar-refractivity contribution in [1.29, 1.82) is 0 Å². The first kappa shape index (κ1) is 19.0. The van der Waals surface area contributed by atoms with Gasteiger partial charge in [0.1, 0.15) is 5.75 Å². The van der Waals surface area contributed by atoms with Gasteiger partial charge < -0.3 is 14.5 Å². The van der Waals surface area contributed by atoms with E-state index in [-0.39, 0.29) is 24.0 Å². The van der Waals surface area contributed by atoms with Crippen LogP contribution in [0.15, 0.2) is 23.2 Å². The minimum Gasteiger partial charge on any atom is -0.496 e. The molecule has 0 amide bonds. The topological polar surface area (TPSA) is 28.1 Å². The number of aryl methyl sites for hydroxylation is 1. The lowest BCUT2D eigenvalue weighted by atomic mass is 10.1. The molecule has 0 heterocycles. The highest BCUT2D eigenvalue weighted by Gasteiger charge is 2.05. The van der Waals surface area contributed by atoms with Crippen LogP contribution in [0, 0.1) is 6.92 Å². The summed E-state index contributed by atoms with van der Waals surface area (Å²) in [6.07, 6.45) is 0.885. The maximum absolute atomic E-state index is 5.38. The second kappa shape index (κ2) is 9.05. The van der Waals surface area contributed by atoms with Crippen molar-refractivity contribution in [2.45, 2.75) is 13.3 Å². The average molecular weight is 391 g/mol. The number of methoxy groups -OCH3 is 1. The van der Waals surface area contributed by atoms with E-state index in [1.54, 1.807) is 7.11 Å². The summed E-state index contributed by atoms with van der Waals surface area (Å²) in [6, 6.07) is 6.25. The first-order valence-electron chi connectivity index (χ1n) is 6.48. The molecule has 0 atom stereocenters. The van der Waals surface area contributed by atoms with Crippen LogP contribution in [0.25, 0.3) is 0 Å². The maximum Gasteiger partial charge on any atom is 0.195 e. The fourth-order valence-corrected chi connectivity index (χ4v) is 2.06. The molecule has 0 radical (unpaired) electrons. The molecule has 114 valence electrons. The van der Waals surface area contributed by atoms with Crippen LogP contribution in [0.1, 0.15) is 11.1 Å². The summed E-state index contributed by atoms with van der Waals surface area (Å²) in [5.74, 6) is 1.92. The van der Waals surface area contributed by atoms with Crippen molar-refractivity contribution in [2.24, 2.45) is 4.99 Å². The molecule has 4 nitrogen and oxygen atoms in total. The summed E-state index contributed by atoms with van der Waals surface area (Å²) in [5.41, 5.74) is 2.46. The van der Waals surface area contributed by atoms with E-state index in [4.69, 9.17) is 4.74 Å². The third-order valence-corrected chi connectivity index (χ3v) is 2.87. The van der Waals surface area contributed by atoms with Crippen LogP contribution in [0.2, 0.25) is 0 Å². The Hall–Kier alpha value is -0.980. The van der Waals surface area contributed by atoms with Gasteiger partial charge in [0.15, 0.2) is 5.96 Å². The molecule has 0 bridgehead atoms. The van der Waals surface area contributed by atoms with Crippen LogP contribution in [0.5, 0.6) is 5.75 Å². The second-order valence-electron chi connectivity index (χ2n) is 5.04. The number of hydrogen-bond acceptors (Lipinski definition) is 2. The van der Waals surface area contributed by atoms with Gasteiger partial charge in [-0.1, -0.05) is 17.7 Å². The van der Waals surface area contributed by atoms with Gasteiger partial charge in [0.05, 0.1) is 7.11 Å². The Balaban J connectivity index is 0.00000361. The lowest BCUT2D eigenvalue weighted by molar-refractivity contribution is 0.409. The van der Waals surface area contributed by atoms with Crippen LogP contribution in [0.3, 0.4) is 0 Å². The zero-order chi connectivity index (χ0) is 14.4. The molecule has 1 aromatic carbocycles. The molecular formula is C15H26IN3O. The predicted octanol–water partition coefficient (Wildman–Crippen LogP) is 2.64. The third kappa shape index (κ3) is 5.56. The lowest BCUT2D eigenvalue weighted by Gasteiger charge is -2.22. The van der Waals surface area contributed by atoms with Crippen molar-refractivity contribution in [2.75, 3.05) is 41.8 Å². The van der Waals surface area contributed by atoms with E-state index in [1.807, 2.05) is 44.1 Å². The first-order chi connectivity index (χ1) is 8.95. The van der Waals surface area contributed by atoms with E-state index in [0.29, 0.717) is 0 Å². The number of halogens is 1. The van der Waals surface area contributed by atoms with Crippen molar-refractivity contribution in [3.05, 3.63) is 29.3 Å². The van der Waals surface area contributed by atoms with E-state index >= 15 is 0 Å². The lowest BCUT2D eigenvalue weighted by Crippen LogP contribution is -2.35. The molecule has 1 rings (SSSR count). The Kier molecular flexibility index (Phi) is 8.60. The fraction of sp³-hybridized carbons (Fsp3) is 0.533. The maximum atomic E-state index is 5.38. The number of ether oxygens (including phenoxy) is 1. The predicted molar refractivity (Wildman–Crippen MR) is 96.5 cm³/mol. The summed E-state index contributed by atoms with van der Waals surface area (Å²) < 4.78 is 5.38. The summed E-state index contributed by atoms with van der Waals surface area (Å²) >= 11 is 0. The molecule has 0 unspecified atom stereocenters. The van der Waals surface area contributed by atoms with Crippen LogP contribution in [-0.2, 0) is 6.42 Å². The smallest absolute Gasteiger partial charge is 0.195 e. The zero-order valence-electron chi connectivity index (χ0n) is 13.3. The number of guanidine groups is 1. The van der Waals surface area contributed by atoms with Gasteiger partial charge in [-0.2, -0.15) is 0 Å². The molecule has 0 saturated heterocycles. The van der Waals surface area contributed by atoms with E-state index in [2.05, 4.69) is 24.0 Å². The number of nitrogens with zero attached hydrogens (tertiary/aromatic N) is 3. The van der Waals surface area contributed by atoms with Gasteiger partial charge in [0.2, 0.25) is 0 Å². The Morgan fingerprint density at radius 3 is 2.25 bits per heavy atom. The van der Waals surface area contributed by atoms with Crippen molar-refractivity contribution in [3.8, 4) is 5.75 Å². The van der Waals surface area contributed by atoms with Crippen molar-refractivity contribution in [1.82, 2.24) is 9.80 Å². The van der Waals surface area contributed by atoms with Gasteiger partial charge in [-0.3, -0.25) is 4.99 Å². The van der Waals surface area contributed by atoms with Crippen LogP contribution >= 0.6 is 24.0 Å². The van der Waals surface area contributed by atoms with Gasteiger partial charge in [-0.05, 0) is 25.0 Å². The quantitative estimate of drug-likeness (QED) is 0.449. The van der Waals surface area contributed by atoms with E-state index in [9.17, 15) is 0 Å². The van der Waals surface area contributed by atoms with Crippen LogP contribution in [-0.4, -0.2) is 57.6 Å². The van der Waals surface area contributed by atoms with Crippen molar-refractivity contribution >= 4 is 29.9 Å². The fourth-order valence-electron chi connectivity index (χ4n) is 2.06. The Labute approximate surface area is 139 Å². The highest BCUT2D eigenvalue weighted by molar-refractivity contribution is 14.0. The van der Waals surface area contributed by atoms with Gasteiger partial charge in [0, 0.05) is 34.7 Å². The Bertz CT molecular complexity index is 435. The molecule has 0 aliphatic heterocycles. The molecule has 0 aliphatic rings. The molecule has 1 aromatic rings. The molecule has 20 heavy (non-hydrogen) atoms. The standard InChI is InChI=1S/C15H25N3O.HI/c1-12-7-8-14(19-6)13(11-12)9-10-16-15(17(2)3)18(4)5;/h7-8,11H,9-10H2,1-6H3;1H. The number of rotatable bonds is 4. The molecule has 0 aliphatic carbocycles. The number of hydrogen-bond donors (Lipinski definition) is 0. The highest BCUT2D eigenvalue weighted by atomic mass is 127. The van der Waals surface area contributed by atoms with E-state index in [0.717, 1.165) is 24.7 Å². The number of benzene rings is 1. The normalized spacial score (nSPS) is 9.50. The minimum absolute atomic E-state index is 0. The van der Waals surface area contributed by atoms with Crippen molar-refractivity contribution < 1.29 is 4.74 Å². The first-order valence-corrected chi connectivity index (χ1v) is 6.48. The van der Waals surface area contributed by atoms with Gasteiger partial charge in [-0.25, -0.2) is 0 Å². The molecular weight excluding hydrogens is 365 g/mol. The molecule has 5 heteroatoms. The Morgan fingerprint density at radius 2 is 1.75 bits per heavy atom. The highest BCUT2D eigenvalue weighted by Crippen LogP contribution is 2.20. The summed E-state index contributed by atoms with van der Waals surface area (Å²) in [7, 11) is 9.73. The third-order valence-electron chi connectivity index (χ3n) is 2.87. The summed E-state index contributed by atoms with van der Waals surface area (Å²) in [6.45, 7) is 2.85. The second-order valence-corrected chi connectivity index (χ2v) is 5.04. The van der Waals surface area contributed by atoms with Gasteiger partial charge >= 0.3 is 0 Å². The van der Waals surface area contributed by atoms with Gasteiger partial charge in [-0.15, -0.1) is 24.0 Å². The molecule has 0 spiro atoms. The van der Waals surface area contributed by atoms with E-state index < -0.39 is 0 Å². The van der Waals surface area contributed by atoms with Crippen LogP contribution in [0.4, 0.5) is 0 Å². The summed E-state index contributed by atoms with van der Waals surface area (Å²) in [4.78, 5) is 8.68. The molecule has 0 aromatic heterocycles. The largest absolute Gasteiger partial charge is 0.496 e. The van der Waals surface area contributed by atoms with Crippen LogP contribution < -0.4 is 4.74 Å². The average Bonchev–Trinajstić information content (AvgIpc) is 2.33. The SMILES string of the molecule is COc1ccc(C)cc1CCN=C(N(C)C)N(C)C.I.